The molecular formula is C13H11N3O3. The summed E-state index contributed by atoms with van der Waals surface area (Å²) >= 11 is 0. The fourth-order valence-corrected chi connectivity index (χ4v) is 1.52. The summed E-state index contributed by atoms with van der Waals surface area (Å²) in [5.74, 6) is 1.93. The maximum absolute atomic E-state index is 5.58. The van der Waals surface area contributed by atoms with E-state index in [4.69, 9.17) is 19.3 Å². The number of nitrogens with zero attached hydrogens (tertiary/aromatic N) is 2. The smallest absolute Gasteiger partial charge is 0.283 e. The van der Waals surface area contributed by atoms with Crippen molar-refractivity contribution in [1.82, 2.24) is 10.2 Å². The summed E-state index contributed by atoms with van der Waals surface area (Å²) < 4.78 is 16.1. The number of aromatic nitrogens is 2. The van der Waals surface area contributed by atoms with E-state index in [0.29, 0.717) is 29.0 Å². The van der Waals surface area contributed by atoms with Crippen molar-refractivity contribution >= 4 is 5.69 Å². The molecule has 6 nitrogen and oxygen atoms in total. The molecule has 3 aromatic rings. The quantitative estimate of drug-likeness (QED) is 0.722. The van der Waals surface area contributed by atoms with Gasteiger partial charge in [-0.25, -0.2) is 0 Å². The number of furan rings is 1. The maximum Gasteiger partial charge on any atom is 0.283 e. The first kappa shape index (κ1) is 11.3. The fourth-order valence-electron chi connectivity index (χ4n) is 1.52. The van der Waals surface area contributed by atoms with E-state index in [1.165, 1.54) is 0 Å². The average molecular weight is 257 g/mol. The van der Waals surface area contributed by atoms with E-state index < -0.39 is 0 Å². The normalized spacial score (nSPS) is 10.5. The minimum atomic E-state index is 0.192. The van der Waals surface area contributed by atoms with Gasteiger partial charge in [-0.1, -0.05) is 0 Å². The molecule has 6 heteroatoms. The van der Waals surface area contributed by atoms with Gasteiger partial charge in [-0.3, -0.25) is 0 Å². The minimum absolute atomic E-state index is 0.192. The molecule has 3 rings (SSSR count). The van der Waals surface area contributed by atoms with Gasteiger partial charge in [0.2, 0.25) is 0 Å². The van der Waals surface area contributed by atoms with Crippen LogP contribution < -0.4 is 10.5 Å². The summed E-state index contributed by atoms with van der Waals surface area (Å²) in [6.45, 7) is 0.192. The number of anilines is 1. The van der Waals surface area contributed by atoms with Crippen LogP contribution in [0, 0.1) is 0 Å². The molecule has 0 unspecified atom stereocenters. The van der Waals surface area contributed by atoms with E-state index in [-0.39, 0.29) is 6.61 Å². The van der Waals surface area contributed by atoms with Crippen molar-refractivity contribution in [2.45, 2.75) is 6.61 Å². The Morgan fingerprint density at radius 3 is 2.68 bits per heavy atom. The van der Waals surface area contributed by atoms with Crippen LogP contribution in [-0.2, 0) is 6.61 Å². The van der Waals surface area contributed by atoms with Crippen LogP contribution in [0.15, 0.2) is 51.5 Å². The highest BCUT2D eigenvalue weighted by Crippen LogP contribution is 2.19. The summed E-state index contributed by atoms with van der Waals surface area (Å²) in [4.78, 5) is 0. The number of rotatable bonds is 4. The van der Waals surface area contributed by atoms with E-state index in [1.807, 2.05) is 0 Å². The molecule has 96 valence electrons. The number of hydrogen-bond acceptors (Lipinski definition) is 6. The first-order chi connectivity index (χ1) is 9.31. The molecule has 0 saturated heterocycles. The Bertz CT molecular complexity index is 644. The molecule has 2 N–H and O–H groups in total. The van der Waals surface area contributed by atoms with Crippen molar-refractivity contribution in [1.29, 1.82) is 0 Å². The fraction of sp³-hybridized carbons (Fsp3) is 0.0769. The van der Waals surface area contributed by atoms with Crippen molar-refractivity contribution in [3.63, 3.8) is 0 Å². The van der Waals surface area contributed by atoms with Crippen LogP contribution in [-0.4, -0.2) is 10.2 Å². The van der Waals surface area contributed by atoms with Crippen molar-refractivity contribution in [3.05, 3.63) is 48.6 Å². The maximum atomic E-state index is 5.58. The molecule has 1 aromatic carbocycles. The zero-order valence-electron chi connectivity index (χ0n) is 9.95. The van der Waals surface area contributed by atoms with Crippen LogP contribution in [0.5, 0.6) is 5.75 Å². The van der Waals surface area contributed by atoms with Gasteiger partial charge >= 0.3 is 0 Å². The zero-order chi connectivity index (χ0) is 13.1. The number of benzene rings is 1. The third-order valence-electron chi connectivity index (χ3n) is 2.44. The highest BCUT2D eigenvalue weighted by atomic mass is 16.5. The largest absolute Gasteiger partial charge is 0.484 e. The van der Waals surface area contributed by atoms with Crippen LogP contribution in [0.25, 0.3) is 11.7 Å². The van der Waals surface area contributed by atoms with E-state index >= 15 is 0 Å². The predicted molar refractivity (Wildman–Crippen MR) is 67.2 cm³/mol. The third-order valence-corrected chi connectivity index (χ3v) is 2.44. The van der Waals surface area contributed by atoms with Crippen LogP contribution >= 0.6 is 0 Å². The summed E-state index contributed by atoms with van der Waals surface area (Å²) in [6, 6.07) is 10.6. The highest BCUT2D eigenvalue weighted by Gasteiger charge is 2.10. The third kappa shape index (κ3) is 2.57. The number of nitrogen functional groups attached to an aromatic ring is 1. The van der Waals surface area contributed by atoms with E-state index in [2.05, 4.69) is 10.2 Å². The number of hydrogen-bond donors (Lipinski definition) is 1. The Kier molecular flexibility index (Phi) is 2.89. The first-order valence-electron chi connectivity index (χ1n) is 5.66. The standard InChI is InChI=1S/C13H11N3O3/c14-9-3-5-10(6-4-9)18-8-12-15-16-13(19-12)11-2-1-7-17-11/h1-7H,8,14H2. The molecule has 0 aliphatic carbocycles. The Labute approximate surface area is 108 Å². The molecule has 0 aliphatic rings. The molecule has 0 saturated carbocycles. The van der Waals surface area contributed by atoms with Crippen LogP contribution in [0.4, 0.5) is 5.69 Å². The topological polar surface area (TPSA) is 87.3 Å². The number of nitrogens with two attached hydrogens (primary N) is 1. The van der Waals surface area contributed by atoms with Gasteiger partial charge in [-0.2, -0.15) is 0 Å². The van der Waals surface area contributed by atoms with Crippen LogP contribution in [0.3, 0.4) is 0 Å². The molecule has 2 heterocycles. The van der Waals surface area contributed by atoms with Gasteiger partial charge in [0.15, 0.2) is 12.4 Å². The van der Waals surface area contributed by atoms with E-state index in [0.717, 1.165) is 0 Å². The first-order valence-corrected chi connectivity index (χ1v) is 5.66. The lowest BCUT2D eigenvalue weighted by molar-refractivity contribution is 0.264. The Balaban J connectivity index is 1.66. The molecule has 0 atom stereocenters. The monoisotopic (exact) mass is 257 g/mol. The number of ether oxygens (including phenoxy) is 1. The Morgan fingerprint density at radius 1 is 1.11 bits per heavy atom. The lowest BCUT2D eigenvalue weighted by Gasteiger charge is -2.02. The minimum Gasteiger partial charge on any atom is -0.484 e. The van der Waals surface area contributed by atoms with Crippen molar-refractivity contribution in [2.75, 3.05) is 5.73 Å². The van der Waals surface area contributed by atoms with Crippen LogP contribution in [0.1, 0.15) is 5.89 Å². The molecule has 0 fully saturated rings. The predicted octanol–water partition coefficient (Wildman–Crippen LogP) is 2.49. The molecule has 0 aliphatic heterocycles. The van der Waals surface area contributed by atoms with Gasteiger partial charge in [0.1, 0.15) is 5.75 Å². The lowest BCUT2D eigenvalue weighted by Crippen LogP contribution is -1.95. The summed E-state index contributed by atoms with van der Waals surface area (Å²) in [5.41, 5.74) is 6.27. The summed E-state index contributed by atoms with van der Waals surface area (Å²) in [7, 11) is 0. The molecule has 2 aromatic heterocycles. The average Bonchev–Trinajstić information content (AvgIpc) is 3.09. The molecule has 0 bridgehead atoms. The Morgan fingerprint density at radius 2 is 1.95 bits per heavy atom. The molecule has 0 radical (unpaired) electrons. The molecule has 0 amide bonds. The van der Waals surface area contributed by atoms with Crippen molar-refractivity contribution in [2.24, 2.45) is 0 Å². The summed E-state index contributed by atoms with van der Waals surface area (Å²) in [5, 5.41) is 7.75. The van der Waals surface area contributed by atoms with E-state index in [1.54, 1.807) is 42.7 Å². The van der Waals surface area contributed by atoms with Gasteiger partial charge in [0, 0.05) is 5.69 Å². The van der Waals surface area contributed by atoms with Crippen LogP contribution in [0.2, 0.25) is 0 Å². The molecule has 19 heavy (non-hydrogen) atoms. The van der Waals surface area contributed by atoms with Gasteiger partial charge in [0.05, 0.1) is 6.26 Å². The van der Waals surface area contributed by atoms with E-state index in [9.17, 15) is 0 Å². The van der Waals surface area contributed by atoms with Crippen molar-refractivity contribution < 1.29 is 13.6 Å². The van der Waals surface area contributed by atoms with Crippen molar-refractivity contribution in [3.8, 4) is 17.4 Å². The molecular weight excluding hydrogens is 246 g/mol. The Hall–Kier alpha value is -2.76. The second kappa shape index (κ2) is 4.85. The SMILES string of the molecule is Nc1ccc(OCc2nnc(-c3ccco3)o2)cc1. The second-order valence-electron chi connectivity index (χ2n) is 3.84. The highest BCUT2D eigenvalue weighted by molar-refractivity contribution is 5.42. The summed E-state index contributed by atoms with van der Waals surface area (Å²) in [6.07, 6.45) is 1.55. The van der Waals surface area contributed by atoms with Gasteiger partial charge in [-0.05, 0) is 36.4 Å². The lowest BCUT2D eigenvalue weighted by atomic mass is 10.3. The zero-order valence-corrected chi connectivity index (χ0v) is 9.95. The second-order valence-corrected chi connectivity index (χ2v) is 3.84. The van der Waals surface area contributed by atoms with Gasteiger partial charge in [0.25, 0.3) is 11.8 Å². The molecule has 0 spiro atoms. The van der Waals surface area contributed by atoms with Gasteiger partial charge in [-0.15, -0.1) is 10.2 Å². The van der Waals surface area contributed by atoms with Gasteiger partial charge < -0.3 is 19.3 Å².